The van der Waals surface area contributed by atoms with Crippen LogP contribution in [0.4, 0.5) is 0 Å². The number of benzene rings is 1. The number of ether oxygens (including phenoxy) is 1. The lowest BCUT2D eigenvalue weighted by Crippen LogP contribution is -2.43. The molecule has 0 unspecified atom stereocenters. The molecular weight excluding hydrogens is 585 g/mol. The number of carbonyl (C=O) groups excluding carboxylic acids is 4. The number of imide groups is 2. The zero-order valence-electron chi connectivity index (χ0n) is 23.4. The van der Waals surface area contributed by atoms with E-state index >= 15 is 0 Å². The monoisotopic (exact) mass is 614 g/mol. The third-order valence-electron chi connectivity index (χ3n) is 9.37. The smallest absolute Gasteiger partial charge is 0.234 e. The van der Waals surface area contributed by atoms with Crippen LogP contribution in [-0.2, 0) is 32.3 Å². The van der Waals surface area contributed by atoms with Gasteiger partial charge in [0.1, 0.15) is 0 Å². The van der Waals surface area contributed by atoms with Gasteiger partial charge in [0.15, 0.2) is 11.5 Å². The molecule has 7 rings (SSSR count). The van der Waals surface area contributed by atoms with E-state index < -0.39 is 29.6 Å². The molecule has 220 valence electrons. The molecule has 4 amide bonds. The van der Waals surface area contributed by atoms with Crippen molar-refractivity contribution in [1.82, 2.24) is 9.80 Å². The minimum atomic E-state index is -0.587. The molecule has 2 saturated heterocycles. The topological polar surface area (TPSA) is 104 Å². The van der Waals surface area contributed by atoms with Gasteiger partial charge < -0.3 is 9.84 Å². The fraction of sp³-hybridized carbons (Fsp3) is 0.333. The van der Waals surface area contributed by atoms with Gasteiger partial charge in [-0.15, -0.1) is 22.7 Å². The molecular formula is C33H30N2O6S2. The Morgan fingerprint density at radius 3 is 2.14 bits per heavy atom. The summed E-state index contributed by atoms with van der Waals surface area (Å²) >= 11 is 3.02. The lowest BCUT2D eigenvalue weighted by molar-refractivity contribution is -0.142. The van der Waals surface area contributed by atoms with Crippen LogP contribution >= 0.6 is 22.7 Å². The van der Waals surface area contributed by atoms with E-state index in [-0.39, 0.29) is 48.4 Å². The highest BCUT2D eigenvalue weighted by atomic mass is 32.1. The van der Waals surface area contributed by atoms with E-state index in [0.717, 1.165) is 20.9 Å². The number of hydrogen-bond donors (Lipinski definition) is 1. The molecule has 6 atom stereocenters. The predicted octanol–water partition coefficient (Wildman–Crippen LogP) is 5.11. The summed E-state index contributed by atoms with van der Waals surface area (Å²) in [7, 11) is 1.48. The second kappa shape index (κ2) is 10.9. The Hall–Kier alpha value is -4.02. The summed E-state index contributed by atoms with van der Waals surface area (Å²) in [5.41, 5.74) is 1.73. The van der Waals surface area contributed by atoms with Gasteiger partial charge in [-0.25, -0.2) is 0 Å². The highest BCUT2D eigenvalue weighted by Crippen LogP contribution is 2.55. The summed E-state index contributed by atoms with van der Waals surface area (Å²) in [6.07, 6.45) is 6.67. The molecule has 3 aromatic rings. The Balaban J connectivity index is 1.25. The molecule has 2 aliphatic heterocycles. The van der Waals surface area contributed by atoms with Crippen molar-refractivity contribution in [3.05, 3.63) is 86.3 Å². The SMILES string of the molecule is COc1cc(C=C[C@H]2C3=CC[C@@H]4C(=O)N(Cc5cccs5)C(=O)[C@@H]4[C@@H]3C[C@H]3C(=O)N(Cc4cccs4)C(=O)[C@@H]23)ccc1O. The van der Waals surface area contributed by atoms with Gasteiger partial charge in [-0.3, -0.25) is 29.0 Å². The van der Waals surface area contributed by atoms with Crippen molar-refractivity contribution in [2.45, 2.75) is 25.9 Å². The van der Waals surface area contributed by atoms with Crippen LogP contribution in [0, 0.1) is 35.5 Å². The Kier molecular flexibility index (Phi) is 7.05. The third-order valence-corrected chi connectivity index (χ3v) is 11.1. The molecule has 0 bridgehead atoms. The van der Waals surface area contributed by atoms with Gasteiger partial charge in [0.2, 0.25) is 23.6 Å². The normalized spacial score (nSPS) is 28.3. The second-order valence-electron chi connectivity index (χ2n) is 11.5. The number of methoxy groups -OCH3 is 1. The molecule has 8 nitrogen and oxygen atoms in total. The van der Waals surface area contributed by atoms with E-state index in [9.17, 15) is 24.3 Å². The maximum absolute atomic E-state index is 14.0. The van der Waals surface area contributed by atoms with Crippen molar-refractivity contribution in [3.63, 3.8) is 0 Å². The van der Waals surface area contributed by atoms with Crippen LogP contribution in [0.15, 0.2) is 70.9 Å². The Morgan fingerprint density at radius 1 is 0.860 bits per heavy atom. The first-order valence-electron chi connectivity index (χ1n) is 14.4. The second-order valence-corrected chi connectivity index (χ2v) is 13.6. The van der Waals surface area contributed by atoms with Gasteiger partial charge in [-0.05, 0) is 59.3 Å². The standard InChI is InChI=1S/C33H30N2O6S2/c1-41-27-14-18(7-11-26(27)36)6-8-22-21-9-10-23-29(33(40)34(30(23)37)16-19-4-2-12-42-19)24(21)15-25-28(22)32(39)35(31(25)38)17-20-5-3-13-43-20/h2-9,11-14,22-25,28-29,36H,10,15-17H2,1H3/t22-,23-,24+,25+,28-,29-/m0/s1. The molecule has 3 fully saturated rings. The highest BCUT2D eigenvalue weighted by Gasteiger charge is 2.61. The molecule has 1 aromatic carbocycles. The van der Waals surface area contributed by atoms with E-state index in [1.807, 2.05) is 53.3 Å². The van der Waals surface area contributed by atoms with Crippen LogP contribution in [-0.4, -0.2) is 45.6 Å². The summed E-state index contributed by atoms with van der Waals surface area (Å²) in [6.45, 7) is 0.490. The van der Waals surface area contributed by atoms with Gasteiger partial charge >= 0.3 is 0 Å². The average molecular weight is 615 g/mol. The lowest BCUT2D eigenvalue weighted by atomic mass is 9.58. The highest BCUT2D eigenvalue weighted by molar-refractivity contribution is 7.10. The summed E-state index contributed by atoms with van der Waals surface area (Å²) < 4.78 is 5.27. The number of aromatic hydroxyl groups is 1. The summed E-state index contributed by atoms with van der Waals surface area (Å²) in [6, 6.07) is 12.7. The molecule has 2 aromatic heterocycles. The molecule has 43 heavy (non-hydrogen) atoms. The number of hydrogen-bond acceptors (Lipinski definition) is 8. The minimum Gasteiger partial charge on any atom is -0.504 e. The fourth-order valence-electron chi connectivity index (χ4n) is 7.42. The largest absolute Gasteiger partial charge is 0.504 e. The van der Waals surface area contributed by atoms with Crippen LogP contribution in [0.5, 0.6) is 11.5 Å². The van der Waals surface area contributed by atoms with Gasteiger partial charge in [0, 0.05) is 15.7 Å². The summed E-state index contributed by atoms with van der Waals surface area (Å²) in [5.74, 6) is -3.29. The van der Waals surface area contributed by atoms with E-state index in [2.05, 4.69) is 0 Å². The molecule has 4 aliphatic rings. The van der Waals surface area contributed by atoms with Gasteiger partial charge in [-0.1, -0.05) is 42.0 Å². The maximum atomic E-state index is 14.0. The quantitative estimate of drug-likeness (QED) is 0.293. The van der Waals surface area contributed by atoms with Crippen molar-refractivity contribution in [2.75, 3.05) is 7.11 Å². The summed E-state index contributed by atoms with van der Waals surface area (Å²) in [5, 5.41) is 13.9. The first kappa shape index (κ1) is 27.8. The van der Waals surface area contributed by atoms with E-state index in [1.54, 1.807) is 18.2 Å². The molecule has 2 aliphatic carbocycles. The number of fused-ring (bicyclic) bond motifs is 4. The number of thiophene rings is 2. The van der Waals surface area contributed by atoms with Gasteiger partial charge in [0.05, 0.1) is 43.9 Å². The number of likely N-dealkylation sites (tertiary alicyclic amines) is 2. The molecule has 0 spiro atoms. The van der Waals surface area contributed by atoms with Crippen LogP contribution in [0.2, 0.25) is 0 Å². The van der Waals surface area contributed by atoms with E-state index in [1.165, 1.54) is 39.6 Å². The number of carbonyl (C=O) groups is 4. The average Bonchev–Trinajstić information content (AvgIpc) is 3.81. The van der Waals surface area contributed by atoms with Crippen LogP contribution < -0.4 is 4.74 Å². The van der Waals surface area contributed by atoms with E-state index in [4.69, 9.17) is 4.74 Å². The fourth-order valence-corrected chi connectivity index (χ4v) is 8.81. The first-order valence-corrected chi connectivity index (χ1v) is 16.1. The Morgan fingerprint density at radius 2 is 1.51 bits per heavy atom. The van der Waals surface area contributed by atoms with Crippen molar-refractivity contribution in [2.24, 2.45) is 35.5 Å². The van der Waals surface area contributed by atoms with Crippen molar-refractivity contribution in [3.8, 4) is 11.5 Å². The lowest BCUT2D eigenvalue weighted by Gasteiger charge is -2.42. The zero-order valence-corrected chi connectivity index (χ0v) is 25.1. The van der Waals surface area contributed by atoms with E-state index in [0.29, 0.717) is 18.6 Å². The predicted molar refractivity (Wildman–Crippen MR) is 162 cm³/mol. The first-order chi connectivity index (χ1) is 20.9. The number of phenolic OH excluding ortho intramolecular Hbond substituents is 1. The number of nitrogens with zero attached hydrogens (tertiary/aromatic N) is 2. The Bertz CT molecular complexity index is 1660. The molecule has 10 heteroatoms. The van der Waals surface area contributed by atoms with Crippen molar-refractivity contribution >= 4 is 52.4 Å². The number of phenols is 1. The molecule has 1 saturated carbocycles. The Labute approximate surface area is 256 Å². The summed E-state index contributed by atoms with van der Waals surface area (Å²) in [4.78, 5) is 59.9. The van der Waals surface area contributed by atoms with Crippen LogP contribution in [0.25, 0.3) is 6.08 Å². The number of amides is 4. The van der Waals surface area contributed by atoms with Gasteiger partial charge in [-0.2, -0.15) is 0 Å². The minimum absolute atomic E-state index is 0.0239. The number of rotatable bonds is 7. The molecule has 4 heterocycles. The zero-order chi connectivity index (χ0) is 29.8. The number of allylic oxidation sites excluding steroid dienone is 3. The van der Waals surface area contributed by atoms with Crippen LogP contribution in [0.3, 0.4) is 0 Å². The van der Waals surface area contributed by atoms with Crippen molar-refractivity contribution < 1.29 is 29.0 Å². The van der Waals surface area contributed by atoms with Crippen molar-refractivity contribution in [1.29, 1.82) is 0 Å². The molecule has 1 N–H and O–H groups in total. The third kappa shape index (κ3) is 4.64. The maximum Gasteiger partial charge on any atom is 0.234 e. The molecule has 0 radical (unpaired) electrons. The van der Waals surface area contributed by atoms with Crippen LogP contribution in [0.1, 0.15) is 28.2 Å². The van der Waals surface area contributed by atoms with Gasteiger partial charge in [0.25, 0.3) is 0 Å².